The molecule has 1 N–H and O–H groups in total. The van der Waals surface area contributed by atoms with E-state index in [1.165, 1.54) is 35.1 Å². The molecule has 2 atom stereocenters. The van der Waals surface area contributed by atoms with E-state index in [4.69, 9.17) is 11.6 Å². The van der Waals surface area contributed by atoms with Crippen LogP contribution in [-0.4, -0.2) is 30.4 Å². The van der Waals surface area contributed by atoms with Gasteiger partial charge in [-0.1, -0.05) is 23.7 Å². The quantitative estimate of drug-likeness (QED) is 0.509. The van der Waals surface area contributed by atoms with E-state index in [-0.39, 0.29) is 18.6 Å². The van der Waals surface area contributed by atoms with E-state index in [1.54, 1.807) is 24.6 Å². The summed E-state index contributed by atoms with van der Waals surface area (Å²) in [5, 5.41) is 13.3. The van der Waals surface area contributed by atoms with Crippen molar-refractivity contribution in [2.75, 3.05) is 6.61 Å². The molecular formula is C21H18ClFN4O3S. The van der Waals surface area contributed by atoms with Crippen molar-refractivity contribution >= 4 is 33.8 Å². The smallest absolute Gasteiger partial charge is 0.331 e. The zero-order valence-corrected chi connectivity index (χ0v) is 18.2. The van der Waals surface area contributed by atoms with Crippen molar-refractivity contribution in [2.45, 2.75) is 18.4 Å². The molecule has 4 heterocycles. The molecule has 31 heavy (non-hydrogen) atoms. The summed E-state index contributed by atoms with van der Waals surface area (Å²) in [6.07, 6.45) is 0.525. The van der Waals surface area contributed by atoms with Crippen LogP contribution in [0.2, 0.25) is 5.15 Å². The Hall–Kier alpha value is -2.75. The first-order valence-electron chi connectivity index (χ1n) is 9.65. The van der Waals surface area contributed by atoms with Gasteiger partial charge in [0.25, 0.3) is 5.56 Å². The van der Waals surface area contributed by atoms with Crippen molar-refractivity contribution in [1.29, 1.82) is 0 Å². The van der Waals surface area contributed by atoms with E-state index in [0.29, 0.717) is 39.4 Å². The lowest BCUT2D eigenvalue weighted by Gasteiger charge is -2.15. The van der Waals surface area contributed by atoms with Gasteiger partial charge in [0.1, 0.15) is 16.0 Å². The van der Waals surface area contributed by atoms with Gasteiger partial charge in [-0.15, -0.1) is 11.3 Å². The molecule has 1 aliphatic heterocycles. The summed E-state index contributed by atoms with van der Waals surface area (Å²) in [6, 6.07) is 5.61. The predicted octanol–water partition coefficient (Wildman–Crippen LogP) is 3.02. The standard InChI is InChI=1S/C21H18ClFN4O3S/c1-25-18-15(20(29)26(2)21(25)30)16(10-4-3-5-11(23)6-10)27-12(8-28)7-13(17(18)27)19-24-14(22)9-31-19/h3-6,9,12-13,28H,7-8H2,1-2H3. The van der Waals surface area contributed by atoms with Crippen molar-refractivity contribution in [3.05, 3.63) is 72.2 Å². The average Bonchev–Trinajstić information content (AvgIpc) is 3.43. The van der Waals surface area contributed by atoms with Crippen molar-refractivity contribution in [3.63, 3.8) is 0 Å². The zero-order chi connectivity index (χ0) is 22.0. The van der Waals surface area contributed by atoms with Crippen LogP contribution >= 0.6 is 22.9 Å². The van der Waals surface area contributed by atoms with Gasteiger partial charge >= 0.3 is 5.69 Å². The molecule has 7 nitrogen and oxygen atoms in total. The van der Waals surface area contributed by atoms with Gasteiger partial charge in [0.15, 0.2) is 0 Å². The molecule has 3 aromatic heterocycles. The van der Waals surface area contributed by atoms with Crippen molar-refractivity contribution in [1.82, 2.24) is 18.7 Å². The fourth-order valence-corrected chi connectivity index (χ4v) is 5.70. The highest BCUT2D eigenvalue weighted by molar-refractivity contribution is 7.10. The van der Waals surface area contributed by atoms with Crippen LogP contribution in [0.5, 0.6) is 0 Å². The molecule has 160 valence electrons. The maximum atomic E-state index is 14.1. The Morgan fingerprint density at radius 1 is 1.29 bits per heavy atom. The van der Waals surface area contributed by atoms with Crippen molar-refractivity contribution < 1.29 is 9.50 Å². The summed E-state index contributed by atoms with van der Waals surface area (Å²) in [4.78, 5) is 30.5. The molecule has 2 unspecified atom stereocenters. The average molecular weight is 461 g/mol. The van der Waals surface area contributed by atoms with Crippen LogP contribution in [0.3, 0.4) is 0 Å². The Morgan fingerprint density at radius 2 is 2.06 bits per heavy atom. The topological polar surface area (TPSA) is 82.0 Å². The summed E-state index contributed by atoms with van der Waals surface area (Å²) >= 11 is 7.46. The number of aliphatic hydroxyl groups is 1. The van der Waals surface area contributed by atoms with Gasteiger partial charge in [0.2, 0.25) is 0 Å². The van der Waals surface area contributed by atoms with Crippen LogP contribution in [0.25, 0.3) is 22.2 Å². The third-order valence-corrected chi connectivity index (χ3v) is 7.23. The Balaban J connectivity index is 1.99. The Labute approximate surface area is 184 Å². The maximum absolute atomic E-state index is 14.1. The highest BCUT2D eigenvalue weighted by Gasteiger charge is 2.40. The van der Waals surface area contributed by atoms with Crippen LogP contribution in [0.15, 0.2) is 39.2 Å². The minimum atomic E-state index is -0.466. The third-order valence-electron chi connectivity index (χ3n) is 5.95. The lowest BCUT2D eigenvalue weighted by molar-refractivity contribution is 0.232. The Bertz CT molecular complexity index is 1470. The first-order chi connectivity index (χ1) is 14.8. The number of thiazole rings is 1. The number of rotatable bonds is 3. The van der Waals surface area contributed by atoms with Gasteiger partial charge in [0.05, 0.1) is 40.9 Å². The number of aromatic nitrogens is 4. The number of aliphatic hydroxyl groups excluding tert-OH is 1. The van der Waals surface area contributed by atoms with Crippen molar-refractivity contribution in [2.24, 2.45) is 14.1 Å². The molecule has 0 radical (unpaired) electrons. The molecule has 1 aliphatic rings. The summed E-state index contributed by atoms with van der Waals surface area (Å²) in [7, 11) is 3.03. The number of fused-ring (bicyclic) bond motifs is 3. The molecule has 4 aromatic rings. The molecular weight excluding hydrogens is 443 g/mol. The molecule has 0 spiro atoms. The van der Waals surface area contributed by atoms with Gasteiger partial charge in [-0.3, -0.25) is 13.9 Å². The van der Waals surface area contributed by atoms with E-state index in [1.807, 2.05) is 4.57 Å². The van der Waals surface area contributed by atoms with E-state index >= 15 is 0 Å². The summed E-state index contributed by atoms with van der Waals surface area (Å²) < 4.78 is 18.5. The fraction of sp³-hybridized carbons (Fsp3) is 0.286. The van der Waals surface area contributed by atoms with E-state index in [2.05, 4.69) is 4.98 Å². The monoisotopic (exact) mass is 460 g/mol. The van der Waals surface area contributed by atoms with Crippen LogP contribution in [-0.2, 0) is 14.1 Å². The third kappa shape index (κ3) is 2.84. The Morgan fingerprint density at radius 3 is 2.71 bits per heavy atom. The number of nitrogens with zero attached hydrogens (tertiary/aromatic N) is 4. The first kappa shape index (κ1) is 20.2. The molecule has 0 saturated heterocycles. The first-order valence-corrected chi connectivity index (χ1v) is 10.9. The lowest BCUT2D eigenvalue weighted by atomic mass is 10.00. The van der Waals surface area contributed by atoms with Crippen LogP contribution in [0, 0.1) is 5.82 Å². The largest absolute Gasteiger partial charge is 0.394 e. The summed E-state index contributed by atoms with van der Waals surface area (Å²) in [5.41, 5.74) is 1.25. The number of benzene rings is 1. The van der Waals surface area contributed by atoms with E-state index < -0.39 is 17.1 Å². The summed E-state index contributed by atoms with van der Waals surface area (Å²) in [5.74, 6) is -0.707. The van der Waals surface area contributed by atoms with Gasteiger partial charge in [-0.05, 0) is 18.6 Å². The molecule has 10 heteroatoms. The number of aryl methyl sites for hydroxylation is 1. The SMILES string of the molecule is Cn1c(=O)c2c(-c3cccc(F)c3)n3c(c2n(C)c1=O)C(c1nc(Cl)cs1)CC3CO. The molecule has 1 aromatic carbocycles. The Kier molecular flexibility index (Phi) is 4.65. The fourth-order valence-electron chi connectivity index (χ4n) is 4.63. The molecule has 0 fully saturated rings. The molecule has 0 saturated carbocycles. The molecule has 0 aliphatic carbocycles. The highest BCUT2D eigenvalue weighted by atomic mass is 35.5. The molecule has 0 amide bonds. The second kappa shape index (κ2) is 7.15. The number of hydrogen-bond acceptors (Lipinski definition) is 5. The minimum Gasteiger partial charge on any atom is -0.394 e. The van der Waals surface area contributed by atoms with E-state index in [0.717, 1.165) is 9.57 Å². The minimum absolute atomic E-state index is 0.180. The number of hydrogen-bond donors (Lipinski definition) is 1. The second-order valence-corrected chi connectivity index (χ2v) is 8.95. The van der Waals surface area contributed by atoms with Gasteiger partial charge in [0, 0.05) is 25.0 Å². The van der Waals surface area contributed by atoms with Crippen LogP contribution in [0.4, 0.5) is 4.39 Å². The zero-order valence-electron chi connectivity index (χ0n) is 16.7. The summed E-state index contributed by atoms with van der Waals surface area (Å²) in [6.45, 7) is -0.180. The highest BCUT2D eigenvalue weighted by Crippen LogP contribution is 2.49. The van der Waals surface area contributed by atoms with Gasteiger partial charge in [-0.25, -0.2) is 14.2 Å². The van der Waals surface area contributed by atoms with Crippen LogP contribution < -0.4 is 11.2 Å². The second-order valence-electron chi connectivity index (χ2n) is 7.68. The lowest BCUT2D eigenvalue weighted by Crippen LogP contribution is -2.37. The number of halogens is 2. The normalized spacial score (nSPS) is 18.1. The molecule has 0 bridgehead atoms. The predicted molar refractivity (Wildman–Crippen MR) is 118 cm³/mol. The van der Waals surface area contributed by atoms with Crippen molar-refractivity contribution in [3.8, 4) is 11.3 Å². The van der Waals surface area contributed by atoms with Gasteiger partial charge < -0.3 is 9.67 Å². The van der Waals surface area contributed by atoms with Crippen LogP contribution in [0.1, 0.15) is 29.1 Å². The molecule has 5 rings (SSSR count). The van der Waals surface area contributed by atoms with E-state index in [9.17, 15) is 19.1 Å². The van der Waals surface area contributed by atoms with Gasteiger partial charge in [-0.2, -0.15) is 0 Å². The maximum Gasteiger partial charge on any atom is 0.331 e.